The lowest BCUT2D eigenvalue weighted by molar-refractivity contribution is 0.415. The van der Waals surface area contributed by atoms with E-state index in [1.54, 1.807) is 19.5 Å². The Morgan fingerprint density at radius 2 is 2.08 bits per heavy atom. The summed E-state index contributed by atoms with van der Waals surface area (Å²) in [6, 6.07) is 13.1. The first kappa shape index (κ1) is 15.1. The van der Waals surface area contributed by atoms with Crippen molar-refractivity contribution in [1.29, 1.82) is 0 Å². The lowest BCUT2D eigenvalue weighted by Gasteiger charge is -2.05. The fourth-order valence-corrected chi connectivity index (χ4v) is 2.65. The van der Waals surface area contributed by atoms with Gasteiger partial charge in [-0.1, -0.05) is 18.2 Å². The van der Waals surface area contributed by atoms with E-state index in [1.807, 2.05) is 42.5 Å². The van der Waals surface area contributed by atoms with Crippen LogP contribution in [0.25, 0.3) is 22.6 Å². The van der Waals surface area contributed by atoms with Gasteiger partial charge in [0, 0.05) is 11.8 Å². The summed E-state index contributed by atoms with van der Waals surface area (Å²) in [5.41, 5.74) is 3.00. The van der Waals surface area contributed by atoms with Crippen LogP contribution in [-0.2, 0) is 6.54 Å². The predicted molar refractivity (Wildman–Crippen MR) is 93.5 cm³/mol. The minimum atomic E-state index is -0.261. The van der Waals surface area contributed by atoms with Crippen molar-refractivity contribution in [3.8, 4) is 17.0 Å². The summed E-state index contributed by atoms with van der Waals surface area (Å²) >= 11 is 0. The highest BCUT2D eigenvalue weighted by molar-refractivity contribution is 5.71. The summed E-state index contributed by atoms with van der Waals surface area (Å²) in [4.78, 5) is 28.2. The Hall–Kier alpha value is -3.48. The third kappa shape index (κ3) is 2.87. The maximum Gasteiger partial charge on any atom is 0.329 e. The van der Waals surface area contributed by atoms with Crippen LogP contribution in [0.1, 0.15) is 5.69 Å². The fourth-order valence-electron chi connectivity index (χ4n) is 2.65. The summed E-state index contributed by atoms with van der Waals surface area (Å²) in [6.45, 7) is 0.340. The van der Waals surface area contributed by atoms with E-state index in [2.05, 4.69) is 19.9 Å². The first-order chi connectivity index (χ1) is 12.2. The lowest BCUT2D eigenvalue weighted by Crippen LogP contribution is -2.18. The monoisotopic (exact) mass is 333 g/mol. The molecule has 25 heavy (non-hydrogen) atoms. The van der Waals surface area contributed by atoms with E-state index < -0.39 is 0 Å². The van der Waals surface area contributed by atoms with E-state index in [0.717, 1.165) is 17.0 Å². The van der Waals surface area contributed by atoms with Crippen molar-refractivity contribution in [2.75, 3.05) is 7.11 Å². The number of methoxy groups -OCH3 is 1. The number of ether oxygens (including phenoxy) is 1. The topological polar surface area (TPSA) is 85.7 Å². The Kier molecular flexibility index (Phi) is 3.74. The number of H-pyrrole nitrogens is 1. The zero-order chi connectivity index (χ0) is 17.2. The third-order valence-electron chi connectivity index (χ3n) is 3.89. The molecule has 0 spiro atoms. The summed E-state index contributed by atoms with van der Waals surface area (Å²) in [5, 5.41) is 0. The number of nitrogens with zero attached hydrogens (tertiary/aromatic N) is 4. The number of fused-ring (bicyclic) bond motifs is 1. The van der Waals surface area contributed by atoms with Crippen LogP contribution in [0.3, 0.4) is 0 Å². The Bertz CT molecular complexity index is 1090. The minimum Gasteiger partial charge on any atom is -0.497 e. The number of hydrogen-bond donors (Lipinski definition) is 1. The number of nitrogens with one attached hydrogen (secondary N) is 1. The molecule has 3 aromatic heterocycles. The van der Waals surface area contributed by atoms with Crippen LogP contribution >= 0.6 is 0 Å². The molecule has 0 fully saturated rings. The molecule has 4 aromatic rings. The first-order valence-electron chi connectivity index (χ1n) is 7.74. The number of pyridine rings is 1. The molecule has 1 N–H and O–H groups in total. The Morgan fingerprint density at radius 1 is 1.16 bits per heavy atom. The molecule has 0 aliphatic rings. The number of rotatable bonds is 4. The van der Waals surface area contributed by atoms with Crippen molar-refractivity contribution < 1.29 is 4.74 Å². The molecule has 124 valence electrons. The van der Waals surface area contributed by atoms with Crippen molar-refractivity contribution in [3.63, 3.8) is 0 Å². The molecule has 0 atom stereocenters. The van der Waals surface area contributed by atoms with E-state index in [9.17, 15) is 4.79 Å². The van der Waals surface area contributed by atoms with Gasteiger partial charge in [-0.05, 0) is 24.3 Å². The van der Waals surface area contributed by atoms with Gasteiger partial charge >= 0.3 is 5.69 Å². The quantitative estimate of drug-likeness (QED) is 0.619. The van der Waals surface area contributed by atoms with E-state index in [-0.39, 0.29) is 5.69 Å². The van der Waals surface area contributed by atoms with Gasteiger partial charge in [-0.2, -0.15) is 0 Å². The van der Waals surface area contributed by atoms with Crippen LogP contribution in [0.15, 0.2) is 59.7 Å². The van der Waals surface area contributed by atoms with Crippen LogP contribution < -0.4 is 10.4 Å². The zero-order valence-corrected chi connectivity index (χ0v) is 13.5. The molecular weight excluding hydrogens is 318 g/mol. The highest BCUT2D eigenvalue weighted by Crippen LogP contribution is 2.22. The van der Waals surface area contributed by atoms with E-state index in [0.29, 0.717) is 23.5 Å². The van der Waals surface area contributed by atoms with Crippen molar-refractivity contribution in [2.24, 2.45) is 0 Å². The number of aromatic amines is 1. The molecule has 0 radical (unpaired) electrons. The van der Waals surface area contributed by atoms with Gasteiger partial charge in [-0.25, -0.2) is 14.8 Å². The summed E-state index contributed by atoms with van der Waals surface area (Å²) in [5.74, 6) is 0.737. The van der Waals surface area contributed by atoms with Crippen molar-refractivity contribution >= 4 is 11.3 Å². The summed E-state index contributed by atoms with van der Waals surface area (Å²) in [6.07, 6.45) is 3.35. The Morgan fingerprint density at radius 3 is 2.88 bits per heavy atom. The molecule has 0 amide bonds. The second-order valence-electron chi connectivity index (χ2n) is 5.50. The highest BCUT2D eigenvalue weighted by Gasteiger charge is 2.12. The SMILES string of the molecule is COc1cccc(-c2cnc3c(n2)[nH]c(=O)n3Cc2ccccn2)c1. The van der Waals surface area contributed by atoms with Gasteiger partial charge < -0.3 is 4.74 Å². The predicted octanol–water partition coefficient (Wildman–Crippen LogP) is 2.24. The molecule has 7 nitrogen and oxygen atoms in total. The van der Waals surface area contributed by atoms with E-state index >= 15 is 0 Å². The molecule has 1 aromatic carbocycles. The maximum atomic E-state index is 12.3. The van der Waals surface area contributed by atoms with Crippen LogP contribution in [0.2, 0.25) is 0 Å². The highest BCUT2D eigenvalue weighted by atomic mass is 16.5. The molecule has 0 saturated carbocycles. The molecule has 4 rings (SSSR count). The lowest BCUT2D eigenvalue weighted by atomic mass is 10.1. The number of imidazole rings is 1. The van der Waals surface area contributed by atoms with E-state index in [1.165, 1.54) is 4.57 Å². The molecule has 0 aliphatic carbocycles. The second-order valence-corrected chi connectivity index (χ2v) is 5.50. The second kappa shape index (κ2) is 6.20. The van der Waals surface area contributed by atoms with Crippen LogP contribution in [0.5, 0.6) is 5.75 Å². The molecule has 0 saturated heterocycles. The molecular formula is C18H15N5O2. The largest absolute Gasteiger partial charge is 0.497 e. The normalized spacial score (nSPS) is 10.9. The van der Waals surface area contributed by atoms with Crippen molar-refractivity contribution in [3.05, 3.63) is 71.0 Å². The van der Waals surface area contributed by atoms with Gasteiger partial charge in [0.05, 0.1) is 31.2 Å². The van der Waals surface area contributed by atoms with Crippen molar-refractivity contribution in [1.82, 2.24) is 24.5 Å². The zero-order valence-electron chi connectivity index (χ0n) is 13.5. The standard InChI is InChI=1S/C18H15N5O2/c1-25-14-7-4-5-12(9-14)15-10-20-17-16(21-15)22-18(24)23(17)11-13-6-2-3-8-19-13/h2-10H,11H2,1H3,(H,21,22,24). The number of benzene rings is 1. The maximum absolute atomic E-state index is 12.3. The Labute approximate surface area is 143 Å². The van der Waals surface area contributed by atoms with Gasteiger partial charge in [0.25, 0.3) is 0 Å². The van der Waals surface area contributed by atoms with Crippen LogP contribution in [0.4, 0.5) is 0 Å². The molecule has 0 unspecified atom stereocenters. The van der Waals surface area contributed by atoms with Crippen LogP contribution in [0, 0.1) is 0 Å². The molecule has 3 heterocycles. The van der Waals surface area contributed by atoms with Gasteiger partial charge in [0.1, 0.15) is 5.75 Å². The fraction of sp³-hybridized carbons (Fsp3) is 0.111. The third-order valence-corrected chi connectivity index (χ3v) is 3.89. The number of aromatic nitrogens is 5. The van der Waals surface area contributed by atoms with Crippen molar-refractivity contribution in [2.45, 2.75) is 6.54 Å². The van der Waals surface area contributed by atoms with E-state index in [4.69, 9.17) is 4.74 Å². The average Bonchev–Trinajstić information content (AvgIpc) is 2.97. The molecule has 0 bridgehead atoms. The van der Waals surface area contributed by atoms with Gasteiger partial charge in [0.2, 0.25) is 0 Å². The molecule has 0 aliphatic heterocycles. The first-order valence-corrected chi connectivity index (χ1v) is 7.74. The van der Waals surface area contributed by atoms with Gasteiger partial charge in [-0.3, -0.25) is 14.5 Å². The average molecular weight is 333 g/mol. The minimum absolute atomic E-state index is 0.261. The molecule has 7 heteroatoms. The summed E-state index contributed by atoms with van der Waals surface area (Å²) < 4.78 is 6.76. The summed E-state index contributed by atoms with van der Waals surface area (Å²) in [7, 11) is 1.61. The number of hydrogen-bond acceptors (Lipinski definition) is 5. The Balaban J connectivity index is 1.76. The smallest absolute Gasteiger partial charge is 0.329 e. The van der Waals surface area contributed by atoms with Gasteiger partial charge in [0.15, 0.2) is 11.3 Å². The van der Waals surface area contributed by atoms with Gasteiger partial charge in [-0.15, -0.1) is 0 Å². The van der Waals surface area contributed by atoms with Crippen LogP contribution in [-0.4, -0.2) is 31.6 Å².